The van der Waals surface area contributed by atoms with Crippen LogP contribution in [0.1, 0.15) is 36.0 Å². The number of hydrogen-bond donors (Lipinski definition) is 1. The quantitative estimate of drug-likeness (QED) is 0.890. The van der Waals surface area contributed by atoms with Crippen molar-refractivity contribution in [2.75, 3.05) is 30.0 Å². The third kappa shape index (κ3) is 2.55. The van der Waals surface area contributed by atoms with Gasteiger partial charge in [-0.1, -0.05) is 12.1 Å². The second kappa shape index (κ2) is 6.01. The van der Waals surface area contributed by atoms with E-state index in [4.69, 9.17) is 9.47 Å². The fourth-order valence-corrected chi connectivity index (χ4v) is 4.22. The van der Waals surface area contributed by atoms with E-state index in [0.29, 0.717) is 25.3 Å². The Kier molecular flexibility index (Phi) is 3.60. The first kappa shape index (κ1) is 16.2. The van der Waals surface area contributed by atoms with Crippen LogP contribution >= 0.6 is 0 Å². The van der Waals surface area contributed by atoms with E-state index in [2.05, 4.69) is 11.4 Å². The maximum atomic E-state index is 12.4. The lowest BCUT2D eigenvalue weighted by molar-refractivity contribution is -0.121. The van der Waals surface area contributed by atoms with E-state index in [1.165, 1.54) is 5.56 Å². The Hall–Kier alpha value is -3.02. The fourth-order valence-electron chi connectivity index (χ4n) is 4.22. The summed E-state index contributed by atoms with van der Waals surface area (Å²) in [6, 6.07) is 10.0. The van der Waals surface area contributed by atoms with Crippen molar-refractivity contribution in [2.24, 2.45) is 0 Å². The van der Waals surface area contributed by atoms with Crippen molar-refractivity contribution in [1.29, 1.82) is 0 Å². The first-order valence-electron chi connectivity index (χ1n) is 9.30. The molecule has 5 rings (SSSR count). The number of hydrogen-bond acceptors (Lipinski definition) is 4. The highest BCUT2D eigenvalue weighted by atomic mass is 16.5. The van der Waals surface area contributed by atoms with Crippen LogP contribution in [-0.2, 0) is 16.0 Å². The van der Waals surface area contributed by atoms with Crippen molar-refractivity contribution in [1.82, 2.24) is 0 Å². The van der Waals surface area contributed by atoms with E-state index in [1.807, 2.05) is 31.2 Å². The average molecular weight is 364 g/mol. The highest BCUT2D eigenvalue weighted by Crippen LogP contribution is 2.45. The van der Waals surface area contributed by atoms with Gasteiger partial charge in [0.15, 0.2) is 6.61 Å². The Balaban J connectivity index is 1.61. The molecular weight excluding hydrogens is 344 g/mol. The number of rotatable bonds is 2. The molecule has 2 aromatic carbocycles. The van der Waals surface area contributed by atoms with E-state index in [9.17, 15) is 9.59 Å². The number of likely N-dealkylation sites (N-methyl/N-ethyl adjacent to an activating group) is 1. The minimum Gasteiger partial charge on any atom is -0.493 e. The molecule has 1 atom stereocenters. The van der Waals surface area contributed by atoms with Crippen LogP contribution in [0.25, 0.3) is 0 Å². The van der Waals surface area contributed by atoms with Crippen LogP contribution in [0.2, 0.25) is 0 Å². The van der Waals surface area contributed by atoms with Gasteiger partial charge in [-0.3, -0.25) is 9.59 Å². The van der Waals surface area contributed by atoms with Crippen molar-refractivity contribution in [3.05, 3.63) is 47.0 Å². The maximum absolute atomic E-state index is 12.4. The van der Waals surface area contributed by atoms with E-state index in [1.54, 1.807) is 4.90 Å². The second-order valence-corrected chi connectivity index (χ2v) is 7.10. The Labute approximate surface area is 157 Å². The maximum Gasteiger partial charge on any atom is 0.265 e. The first-order valence-corrected chi connectivity index (χ1v) is 9.30. The highest BCUT2D eigenvalue weighted by molar-refractivity contribution is 6.01. The van der Waals surface area contributed by atoms with Gasteiger partial charge in [-0.05, 0) is 41.8 Å². The summed E-state index contributed by atoms with van der Waals surface area (Å²) in [5.41, 5.74) is 4.79. The zero-order valence-corrected chi connectivity index (χ0v) is 15.1. The fraction of sp³-hybridized carbons (Fsp3) is 0.333. The van der Waals surface area contributed by atoms with E-state index < -0.39 is 0 Å². The minimum atomic E-state index is -0.0674. The summed E-state index contributed by atoms with van der Waals surface area (Å²) in [6.45, 7) is 3.26. The van der Waals surface area contributed by atoms with Crippen LogP contribution < -0.4 is 19.7 Å². The molecule has 6 nitrogen and oxygen atoms in total. The molecule has 3 aliphatic heterocycles. The van der Waals surface area contributed by atoms with E-state index >= 15 is 0 Å². The van der Waals surface area contributed by atoms with Gasteiger partial charge in [0.1, 0.15) is 11.5 Å². The molecule has 138 valence electrons. The number of fused-ring (bicyclic) bond motifs is 3. The van der Waals surface area contributed by atoms with Crippen LogP contribution in [0, 0.1) is 0 Å². The molecule has 0 aromatic heterocycles. The summed E-state index contributed by atoms with van der Waals surface area (Å²) in [4.78, 5) is 26.2. The van der Waals surface area contributed by atoms with Crippen molar-refractivity contribution in [2.45, 2.75) is 25.7 Å². The van der Waals surface area contributed by atoms with E-state index in [0.717, 1.165) is 34.7 Å². The second-order valence-electron chi connectivity index (χ2n) is 7.10. The van der Waals surface area contributed by atoms with Gasteiger partial charge in [0.05, 0.1) is 12.3 Å². The van der Waals surface area contributed by atoms with Gasteiger partial charge >= 0.3 is 0 Å². The van der Waals surface area contributed by atoms with Gasteiger partial charge < -0.3 is 19.7 Å². The molecule has 3 aliphatic rings. The number of carbonyl (C=O) groups excluding carboxylic acids is 2. The molecule has 0 spiro atoms. The minimum absolute atomic E-state index is 0.0182. The monoisotopic (exact) mass is 364 g/mol. The van der Waals surface area contributed by atoms with Crippen molar-refractivity contribution in [3.8, 4) is 11.5 Å². The van der Waals surface area contributed by atoms with Crippen LogP contribution in [0.4, 0.5) is 11.4 Å². The van der Waals surface area contributed by atoms with Crippen molar-refractivity contribution >= 4 is 23.2 Å². The SMILES string of the molecule is CCN1C(=O)COc2cc3c(cc21)NC(=O)CC3c1ccc2c(c1)CCO2. The van der Waals surface area contributed by atoms with Crippen LogP contribution in [0.15, 0.2) is 30.3 Å². The summed E-state index contributed by atoms with van der Waals surface area (Å²) in [6.07, 6.45) is 1.29. The molecule has 0 saturated heterocycles. The van der Waals surface area contributed by atoms with E-state index in [-0.39, 0.29) is 24.3 Å². The topological polar surface area (TPSA) is 67.9 Å². The summed E-state index contributed by atoms with van der Waals surface area (Å²) >= 11 is 0. The summed E-state index contributed by atoms with van der Waals surface area (Å²) in [7, 11) is 0. The standard InChI is InChI=1S/C21H20N2O4/c1-2-23-17-10-16-15(8-19(17)27-11-21(23)25)14(9-20(24)22-16)12-3-4-18-13(7-12)5-6-26-18/h3-4,7-8,10,14H,2,5-6,9,11H2,1H3,(H,22,24). The van der Waals surface area contributed by atoms with Gasteiger partial charge in [0, 0.05) is 31.0 Å². The van der Waals surface area contributed by atoms with Gasteiger partial charge in [-0.2, -0.15) is 0 Å². The van der Waals surface area contributed by atoms with Gasteiger partial charge in [-0.25, -0.2) is 0 Å². The molecule has 2 aromatic rings. The molecule has 6 heteroatoms. The molecule has 0 saturated carbocycles. The predicted molar refractivity (Wildman–Crippen MR) is 101 cm³/mol. The van der Waals surface area contributed by atoms with Crippen LogP contribution in [0.5, 0.6) is 11.5 Å². The van der Waals surface area contributed by atoms with Gasteiger partial charge in [0.2, 0.25) is 5.91 Å². The molecule has 3 heterocycles. The lowest BCUT2D eigenvalue weighted by Gasteiger charge is -2.33. The number of carbonyl (C=O) groups is 2. The smallest absolute Gasteiger partial charge is 0.265 e. The Bertz CT molecular complexity index is 969. The molecule has 0 bridgehead atoms. The number of anilines is 2. The third-order valence-corrected chi connectivity index (χ3v) is 5.55. The van der Waals surface area contributed by atoms with Crippen molar-refractivity contribution in [3.63, 3.8) is 0 Å². The zero-order chi connectivity index (χ0) is 18.5. The van der Waals surface area contributed by atoms with Crippen LogP contribution in [0.3, 0.4) is 0 Å². The Morgan fingerprint density at radius 2 is 2.04 bits per heavy atom. The highest BCUT2D eigenvalue weighted by Gasteiger charge is 2.32. The molecule has 0 aliphatic carbocycles. The summed E-state index contributed by atoms with van der Waals surface area (Å²) in [5.74, 6) is 1.50. The normalized spacial score (nSPS) is 20.2. The molecular formula is C21H20N2O4. The first-order chi connectivity index (χ1) is 13.1. The lowest BCUT2D eigenvalue weighted by atomic mass is 9.83. The Morgan fingerprint density at radius 3 is 2.89 bits per heavy atom. The molecule has 0 fully saturated rings. The van der Waals surface area contributed by atoms with Crippen molar-refractivity contribution < 1.29 is 19.1 Å². The van der Waals surface area contributed by atoms with Gasteiger partial charge in [-0.15, -0.1) is 0 Å². The summed E-state index contributed by atoms with van der Waals surface area (Å²) < 4.78 is 11.3. The van der Waals surface area contributed by atoms with Crippen LogP contribution in [-0.4, -0.2) is 31.6 Å². The molecule has 0 radical (unpaired) electrons. The third-order valence-electron chi connectivity index (χ3n) is 5.55. The zero-order valence-electron chi connectivity index (χ0n) is 15.1. The molecule has 1 N–H and O–H groups in total. The molecule has 27 heavy (non-hydrogen) atoms. The molecule has 1 unspecified atom stereocenters. The van der Waals surface area contributed by atoms with Gasteiger partial charge in [0.25, 0.3) is 5.91 Å². The number of amides is 2. The number of nitrogens with zero attached hydrogens (tertiary/aromatic N) is 1. The number of nitrogens with one attached hydrogen (secondary N) is 1. The molecule has 2 amide bonds. The summed E-state index contributed by atoms with van der Waals surface area (Å²) in [5, 5.41) is 2.96. The largest absolute Gasteiger partial charge is 0.493 e. The average Bonchev–Trinajstić information content (AvgIpc) is 3.14. The number of ether oxygens (including phenoxy) is 2. The number of benzene rings is 2. The predicted octanol–water partition coefficient (Wildman–Crippen LogP) is 2.84. The Morgan fingerprint density at radius 1 is 1.15 bits per heavy atom. The lowest BCUT2D eigenvalue weighted by Crippen LogP contribution is -2.39.